The lowest BCUT2D eigenvalue weighted by atomic mass is 10.2. The van der Waals surface area contributed by atoms with Crippen LogP contribution in [0.2, 0.25) is 0 Å². The van der Waals surface area contributed by atoms with Crippen molar-refractivity contribution in [1.29, 1.82) is 5.26 Å². The topological polar surface area (TPSA) is 96.7 Å². The second-order valence-corrected chi connectivity index (χ2v) is 5.92. The summed E-state index contributed by atoms with van der Waals surface area (Å²) in [5.74, 6) is -1.53. The summed E-state index contributed by atoms with van der Waals surface area (Å²) in [6, 6.07) is 10.2. The smallest absolute Gasteiger partial charge is 0.305 e. The number of aliphatic carboxylic acids is 1. The largest absolute Gasteiger partial charge is 0.481 e. The zero-order chi connectivity index (χ0) is 18.2. The number of aryl methyl sites for hydroxylation is 1. The number of carboxylic acids is 1. The molecule has 7 heteroatoms. The first-order valence-electron chi connectivity index (χ1n) is 8.17. The summed E-state index contributed by atoms with van der Waals surface area (Å²) in [6.07, 6.45) is 1.39. The van der Waals surface area contributed by atoms with Crippen LogP contribution in [0.3, 0.4) is 0 Å². The third-order valence-electron chi connectivity index (χ3n) is 3.98. The van der Waals surface area contributed by atoms with Gasteiger partial charge in [-0.3, -0.25) is 9.59 Å². The van der Waals surface area contributed by atoms with Crippen molar-refractivity contribution in [3.8, 4) is 6.07 Å². The van der Waals surface area contributed by atoms with Gasteiger partial charge in [-0.1, -0.05) is 12.1 Å². The van der Waals surface area contributed by atoms with Crippen molar-refractivity contribution in [3.63, 3.8) is 0 Å². The van der Waals surface area contributed by atoms with Gasteiger partial charge in [0.15, 0.2) is 0 Å². The van der Waals surface area contributed by atoms with Crippen LogP contribution in [0.15, 0.2) is 36.0 Å². The SMILES string of the molecule is Cc1cccc(N2CCN(/C=C(/C#N)C(=O)NCCC(=O)O)CC2)c1. The zero-order valence-corrected chi connectivity index (χ0v) is 14.2. The highest BCUT2D eigenvalue weighted by Gasteiger charge is 2.17. The average Bonchev–Trinajstić information content (AvgIpc) is 2.59. The number of nitriles is 1. The third kappa shape index (κ3) is 5.53. The first-order valence-corrected chi connectivity index (χ1v) is 8.17. The van der Waals surface area contributed by atoms with E-state index in [-0.39, 0.29) is 18.5 Å². The van der Waals surface area contributed by atoms with Gasteiger partial charge >= 0.3 is 5.97 Å². The highest BCUT2D eigenvalue weighted by atomic mass is 16.4. The van der Waals surface area contributed by atoms with Gasteiger partial charge in [0.25, 0.3) is 5.91 Å². The molecule has 1 saturated heterocycles. The Labute approximate surface area is 147 Å². The molecule has 1 aliphatic heterocycles. The summed E-state index contributed by atoms with van der Waals surface area (Å²) >= 11 is 0. The molecule has 0 aromatic heterocycles. The molecule has 1 amide bonds. The van der Waals surface area contributed by atoms with Crippen LogP contribution in [0.4, 0.5) is 5.69 Å². The van der Waals surface area contributed by atoms with E-state index in [2.05, 4.69) is 35.3 Å². The third-order valence-corrected chi connectivity index (χ3v) is 3.98. The van der Waals surface area contributed by atoms with Crippen LogP contribution in [-0.2, 0) is 9.59 Å². The van der Waals surface area contributed by atoms with Crippen molar-refractivity contribution >= 4 is 17.6 Å². The van der Waals surface area contributed by atoms with Crippen molar-refractivity contribution in [2.75, 3.05) is 37.6 Å². The van der Waals surface area contributed by atoms with Crippen LogP contribution in [0.1, 0.15) is 12.0 Å². The molecule has 1 heterocycles. The maximum Gasteiger partial charge on any atom is 0.305 e. The number of benzene rings is 1. The quantitative estimate of drug-likeness (QED) is 0.594. The van der Waals surface area contributed by atoms with Gasteiger partial charge in [0.05, 0.1) is 6.42 Å². The molecule has 25 heavy (non-hydrogen) atoms. The van der Waals surface area contributed by atoms with Crippen molar-refractivity contribution < 1.29 is 14.7 Å². The van der Waals surface area contributed by atoms with Crippen molar-refractivity contribution in [1.82, 2.24) is 10.2 Å². The zero-order valence-electron chi connectivity index (χ0n) is 14.2. The molecule has 132 valence electrons. The number of rotatable bonds is 6. The highest BCUT2D eigenvalue weighted by molar-refractivity contribution is 5.97. The number of nitrogens with zero attached hydrogens (tertiary/aromatic N) is 3. The summed E-state index contributed by atoms with van der Waals surface area (Å²) in [4.78, 5) is 26.6. The molecule has 0 atom stereocenters. The minimum absolute atomic E-state index is 0.00519. The second kappa shape index (κ2) is 8.73. The summed E-state index contributed by atoms with van der Waals surface area (Å²) in [7, 11) is 0. The molecule has 0 radical (unpaired) electrons. The molecular weight excluding hydrogens is 320 g/mol. The monoisotopic (exact) mass is 342 g/mol. The summed E-state index contributed by atoms with van der Waals surface area (Å²) in [6.45, 7) is 5.10. The molecule has 1 aromatic carbocycles. The van der Waals surface area contributed by atoms with Gasteiger partial charge in [-0.05, 0) is 24.6 Å². The van der Waals surface area contributed by atoms with Crippen LogP contribution in [0.25, 0.3) is 0 Å². The van der Waals surface area contributed by atoms with Gasteiger partial charge in [0, 0.05) is 44.6 Å². The molecule has 1 aromatic rings. The van der Waals surface area contributed by atoms with Gasteiger partial charge in [-0.15, -0.1) is 0 Å². The minimum atomic E-state index is -0.991. The number of piperazine rings is 1. The van der Waals surface area contributed by atoms with Crippen LogP contribution in [0.5, 0.6) is 0 Å². The molecule has 0 bridgehead atoms. The molecule has 0 aliphatic carbocycles. The Kier molecular flexibility index (Phi) is 6.40. The number of carbonyl (C=O) groups is 2. The van der Waals surface area contributed by atoms with Gasteiger partial charge in [0.1, 0.15) is 11.6 Å². The molecule has 1 aliphatic rings. The van der Waals surface area contributed by atoms with Gasteiger partial charge in [0.2, 0.25) is 0 Å². The predicted octanol–water partition coefficient (Wildman–Crippen LogP) is 1.12. The summed E-state index contributed by atoms with van der Waals surface area (Å²) in [5.41, 5.74) is 2.38. The van der Waals surface area contributed by atoms with Gasteiger partial charge < -0.3 is 20.2 Å². The second-order valence-electron chi connectivity index (χ2n) is 5.92. The number of hydrogen-bond acceptors (Lipinski definition) is 5. The molecule has 0 unspecified atom stereocenters. The minimum Gasteiger partial charge on any atom is -0.481 e. The average molecular weight is 342 g/mol. The van der Waals surface area contributed by atoms with Crippen molar-refractivity contribution in [3.05, 3.63) is 41.6 Å². The highest BCUT2D eigenvalue weighted by Crippen LogP contribution is 2.18. The molecule has 0 spiro atoms. The van der Waals surface area contributed by atoms with E-state index in [9.17, 15) is 9.59 Å². The first kappa shape index (κ1) is 18.3. The summed E-state index contributed by atoms with van der Waals surface area (Å²) in [5, 5.41) is 20.2. The number of anilines is 1. The van der Waals surface area contributed by atoms with E-state index < -0.39 is 11.9 Å². The molecule has 2 N–H and O–H groups in total. The molecular formula is C18H22N4O3. The van der Waals surface area contributed by atoms with Crippen molar-refractivity contribution in [2.45, 2.75) is 13.3 Å². The van der Waals surface area contributed by atoms with Gasteiger partial charge in [-0.2, -0.15) is 5.26 Å². The van der Waals surface area contributed by atoms with Crippen LogP contribution >= 0.6 is 0 Å². The number of amides is 1. The lowest BCUT2D eigenvalue weighted by Gasteiger charge is -2.35. The first-order chi connectivity index (χ1) is 12.0. The predicted molar refractivity (Wildman–Crippen MR) is 93.9 cm³/mol. The van der Waals surface area contributed by atoms with E-state index in [1.807, 2.05) is 17.0 Å². The van der Waals surface area contributed by atoms with Crippen molar-refractivity contribution in [2.24, 2.45) is 0 Å². The maximum absolute atomic E-state index is 11.9. The van der Waals surface area contributed by atoms with E-state index in [0.29, 0.717) is 13.1 Å². The lowest BCUT2D eigenvalue weighted by Crippen LogP contribution is -2.44. The summed E-state index contributed by atoms with van der Waals surface area (Å²) < 4.78 is 0. The molecule has 2 rings (SSSR count). The van der Waals surface area contributed by atoms with Gasteiger partial charge in [-0.25, -0.2) is 0 Å². The lowest BCUT2D eigenvalue weighted by molar-refractivity contribution is -0.136. The Morgan fingerprint density at radius 1 is 1.32 bits per heavy atom. The van der Waals surface area contributed by atoms with Crippen LogP contribution < -0.4 is 10.2 Å². The Hall–Kier alpha value is -3.01. The van der Waals surface area contributed by atoms with E-state index >= 15 is 0 Å². The van der Waals surface area contributed by atoms with E-state index in [1.54, 1.807) is 6.20 Å². The Morgan fingerprint density at radius 3 is 2.64 bits per heavy atom. The number of carbonyl (C=O) groups excluding carboxylic acids is 1. The van der Waals surface area contributed by atoms with Crippen LogP contribution in [0, 0.1) is 18.3 Å². The fraction of sp³-hybridized carbons (Fsp3) is 0.389. The normalized spacial score (nSPS) is 14.8. The van der Waals surface area contributed by atoms with E-state index in [0.717, 1.165) is 13.1 Å². The fourth-order valence-corrected chi connectivity index (χ4v) is 2.63. The van der Waals surface area contributed by atoms with E-state index in [4.69, 9.17) is 10.4 Å². The Bertz CT molecular complexity index is 701. The number of nitrogens with one attached hydrogen (secondary N) is 1. The molecule has 1 fully saturated rings. The number of hydrogen-bond donors (Lipinski definition) is 2. The Morgan fingerprint density at radius 2 is 2.04 bits per heavy atom. The standard InChI is InChI=1S/C18H22N4O3/c1-14-3-2-4-16(11-14)22-9-7-21(8-10-22)13-15(12-19)18(25)20-6-5-17(23)24/h2-4,11,13H,5-10H2,1H3,(H,20,25)(H,23,24)/b15-13-. The Balaban J connectivity index is 1.90. The van der Waals surface area contributed by atoms with Crippen LogP contribution in [-0.4, -0.2) is 54.6 Å². The number of carboxylic acid groups (broad SMARTS) is 1. The molecule has 0 saturated carbocycles. The van der Waals surface area contributed by atoms with E-state index in [1.165, 1.54) is 11.3 Å². The fourth-order valence-electron chi connectivity index (χ4n) is 2.63. The molecule has 7 nitrogen and oxygen atoms in total. The maximum atomic E-state index is 11.9.